The van der Waals surface area contributed by atoms with Crippen molar-refractivity contribution in [3.8, 4) is 0 Å². The van der Waals surface area contributed by atoms with Crippen molar-refractivity contribution in [2.75, 3.05) is 0 Å². The summed E-state index contributed by atoms with van der Waals surface area (Å²) in [5.74, 6) is 0.789. The van der Waals surface area contributed by atoms with E-state index in [2.05, 4.69) is 21.7 Å². The SMILES string of the molecule is Clc1ccc(C(CCCCCCCCn2ccnc2)SCc2cc(Cl)c(Cl)cc2Cl)cc1. The minimum Gasteiger partial charge on any atom is -0.337 e. The highest BCUT2D eigenvalue weighted by atomic mass is 35.5. The van der Waals surface area contributed by atoms with Crippen LogP contribution in [0.2, 0.25) is 20.1 Å². The minimum absolute atomic E-state index is 0.388. The van der Waals surface area contributed by atoms with E-state index in [-0.39, 0.29) is 0 Å². The van der Waals surface area contributed by atoms with E-state index in [0.717, 1.165) is 29.3 Å². The third-order valence-corrected chi connectivity index (χ3v) is 8.18. The van der Waals surface area contributed by atoms with Crippen molar-refractivity contribution >= 4 is 58.2 Å². The summed E-state index contributed by atoms with van der Waals surface area (Å²) in [5, 5.41) is 2.85. The Morgan fingerprint density at radius 3 is 2.22 bits per heavy atom. The molecule has 0 bridgehead atoms. The van der Waals surface area contributed by atoms with Crippen LogP contribution in [0, 0.1) is 0 Å². The molecule has 32 heavy (non-hydrogen) atoms. The van der Waals surface area contributed by atoms with Crippen LogP contribution in [0.5, 0.6) is 0 Å². The lowest BCUT2D eigenvalue weighted by Gasteiger charge is -2.18. The first-order valence-electron chi connectivity index (χ1n) is 11.0. The fourth-order valence-electron chi connectivity index (χ4n) is 3.64. The molecule has 0 radical (unpaired) electrons. The number of halogens is 4. The van der Waals surface area contributed by atoms with Crippen LogP contribution in [-0.4, -0.2) is 9.55 Å². The Morgan fingerprint density at radius 2 is 1.50 bits per heavy atom. The molecule has 172 valence electrons. The van der Waals surface area contributed by atoms with Gasteiger partial charge in [-0.2, -0.15) is 0 Å². The number of thioether (sulfide) groups is 1. The predicted octanol–water partition coefficient (Wildman–Crippen LogP) is 9.90. The molecule has 0 amide bonds. The summed E-state index contributed by atoms with van der Waals surface area (Å²) in [5.41, 5.74) is 2.32. The molecule has 0 fully saturated rings. The number of benzene rings is 2. The number of hydrogen-bond donors (Lipinski definition) is 0. The van der Waals surface area contributed by atoms with Crippen LogP contribution < -0.4 is 0 Å². The normalized spacial score (nSPS) is 12.2. The average Bonchev–Trinajstić information content (AvgIpc) is 3.29. The molecule has 1 heterocycles. The van der Waals surface area contributed by atoms with Gasteiger partial charge in [-0.05, 0) is 48.2 Å². The summed E-state index contributed by atoms with van der Waals surface area (Å²) in [4.78, 5) is 4.09. The standard InChI is InChI=1S/C25H28Cl4N2S/c26-21-10-8-19(9-11-21)25(32-17-20-15-23(28)24(29)16-22(20)27)7-5-3-1-2-4-6-13-31-14-12-30-18-31/h8-12,14-16,18,25H,1-7,13,17H2. The Kier molecular flexibility index (Phi) is 11.1. The Labute approximate surface area is 215 Å². The van der Waals surface area contributed by atoms with Crippen LogP contribution >= 0.6 is 58.2 Å². The maximum absolute atomic E-state index is 6.39. The van der Waals surface area contributed by atoms with Crippen LogP contribution in [0.4, 0.5) is 0 Å². The molecule has 1 aromatic heterocycles. The van der Waals surface area contributed by atoms with Gasteiger partial charge in [-0.3, -0.25) is 0 Å². The van der Waals surface area contributed by atoms with Gasteiger partial charge in [-0.25, -0.2) is 4.98 Å². The highest BCUT2D eigenvalue weighted by molar-refractivity contribution is 7.98. The van der Waals surface area contributed by atoms with Crippen LogP contribution in [0.1, 0.15) is 61.3 Å². The number of hydrogen-bond acceptors (Lipinski definition) is 2. The van der Waals surface area contributed by atoms with Crippen molar-refractivity contribution in [1.29, 1.82) is 0 Å². The molecule has 0 aliphatic rings. The van der Waals surface area contributed by atoms with Crippen LogP contribution in [0.25, 0.3) is 0 Å². The Hall–Kier alpha value is -0.840. The molecule has 0 spiro atoms. The molecule has 7 heteroatoms. The second kappa shape index (κ2) is 13.8. The van der Waals surface area contributed by atoms with Crippen molar-refractivity contribution < 1.29 is 0 Å². The third-order valence-electron chi connectivity index (χ3n) is 5.46. The van der Waals surface area contributed by atoms with Gasteiger partial charge < -0.3 is 4.57 Å². The number of nitrogens with zero attached hydrogens (tertiary/aromatic N) is 2. The van der Waals surface area contributed by atoms with Crippen molar-refractivity contribution in [1.82, 2.24) is 9.55 Å². The van der Waals surface area contributed by atoms with Crippen LogP contribution in [0.3, 0.4) is 0 Å². The molecule has 3 rings (SSSR count). The number of rotatable bonds is 13. The highest BCUT2D eigenvalue weighted by Gasteiger charge is 2.14. The van der Waals surface area contributed by atoms with Gasteiger partial charge in [0.15, 0.2) is 0 Å². The van der Waals surface area contributed by atoms with Gasteiger partial charge in [0, 0.05) is 40.0 Å². The maximum atomic E-state index is 6.39. The van der Waals surface area contributed by atoms with Crippen molar-refractivity contribution in [2.45, 2.75) is 62.5 Å². The topological polar surface area (TPSA) is 17.8 Å². The van der Waals surface area contributed by atoms with Gasteiger partial charge >= 0.3 is 0 Å². The molecule has 0 N–H and O–H groups in total. The molecule has 0 saturated heterocycles. The summed E-state index contributed by atoms with van der Waals surface area (Å²) >= 11 is 26.7. The summed E-state index contributed by atoms with van der Waals surface area (Å²) < 4.78 is 2.15. The summed E-state index contributed by atoms with van der Waals surface area (Å²) in [6.07, 6.45) is 14.4. The Morgan fingerprint density at radius 1 is 0.812 bits per heavy atom. The zero-order valence-electron chi connectivity index (χ0n) is 18.0. The molecule has 2 aromatic carbocycles. The zero-order chi connectivity index (χ0) is 22.8. The molecular weight excluding hydrogens is 502 g/mol. The van der Waals surface area contributed by atoms with Crippen molar-refractivity contribution in [3.63, 3.8) is 0 Å². The van der Waals surface area contributed by atoms with Gasteiger partial charge in [0.2, 0.25) is 0 Å². The molecule has 2 nitrogen and oxygen atoms in total. The lowest BCUT2D eigenvalue weighted by atomic mass is 10.0. The number of aromatic nitrogens is 2. The van der Waals surface area contributed by atoms with Crippen molar-refractivity contribution in [2.24, 2.45) is 0 Å². The van der Waals surface area contributed by atoms with Crippen LogP contribution in [-0.2, 0) is 12.3 Å². The summed E-state index contributed by atoms with van der Waals surface area (Å²) in [6, 6.07) is 11.8. The summed E-state index contributed by atoms with van der Waals surface area (Å²) in [7, 11) is 0. The van der Waals surface area contributed by atoms with Gasteiger partial charge in [-0.15, -0.1) is 11.8 Å². The fraction of sp³-hybridized carbons (Fsp3) is 0.400. The molecule has 1 atom stereocenters. The van der Waals surface area contributed by atoms with Gasteiger partial charge in [-0.1, -0.05) is 90.6 Å². The van der Waals surface area contributed by atoms with Gasteiger partial charge in [0.05, 0.1) is 16.4 Å². The van der Waals surface area contributed by atoms with E-state index in [1.54, 1.807) is 6.07 Å². The van der Waals surface area contributed by atoms with Crippen molar-refractivity contribution in [3.05, 3.63) is 86.3 Å². The third kappa shape index (κ3) is 8.50. The minimum atomic E-state index is 0.388. The van der Waals surface area contributed by atoms with E-state index >= 15 is 0 Å². The summed E-state index contributed by atoms with van der Waals surface area (Å²) in [6.45, 7) is 1.06. The molecule has 0 aliphatic heterocycles. The van der Waals surface area contributed by atoms with E-state index in [9.17, 15) is 0 Å². The quantitative estimate of drug-likeness (QED) is 0.162. The zero-order valence-corrected chi connectivity index (χ0v) is 21.8. The van der Waals surface area contributed by atoms with E-state index in [1.165, 1.54) is 44.1 Å². The first-order chi connectivity index (χ1) is 15.5. The number of aryl methyl sites for hydroxylation is 1. The first kappa shape index (κ1) is 25.8. The molecule has 0 saturated carbocycles. The highest BCUT2D eigenvalue weighted by Crippen LogP contribution is 2.39. The predicted molar refractivity (Wildman–Crippen MR) is 142 cm³/mol. The average molecular weight is 530 g/mol. The second-order valence-electron chi connectivity index (χ2n) is 7.92. The number of unbranched alkanes of at least 4 members (excludes halogenated alkanes) is 5. The van der Waals surface area contributed by atoms with Crippen LogP contribution in [0.15, 0.2) is 55.1 Å². The molecule has 3 aromatic rings. The number of imidazole rings is 1. The Balaban J connectivity index is 1.45. The molecular formula is C25H28Cl4N2S. The van der Waals surface area contributed by atoms with E-state index in [1.807, 2.05) is 48.7 Å². The second-order valence-corrected chi connectivity index (χ2v) is 10.8. The monoisotopic (exact) mass is 528 g/mol. The molecule has 0 aliphatic carbocycles. The van der Waals surface area contributed by atoms with E-state index in [4.69, 9.17) is 46.4 Å². The fourth-order valence-corrected chi connectivity index (χ4v) is 5.78. The molecule has 1 unspecified atom stereocenters. The lowest BCUT2D eigenvalue weighted by Crippen LogP contribution is -1.97. The van der Waals surface area contributed by atoms with Gasteiger partial charge in [0.25, 0.3) is 0 Å². The Bertz CT molecular complexity index is 945. The maximum Gasteiger partial charge on any atom is 0.0945 e. The van der Waals surface area contributed by atoms with Gasteiger partial charge in [0.1, 0.15) is 0 Å². The largest absolute Gasteiger partial charge is 0.337 e. The van der Waals surface area contributed by atoms with E-state index < -0.39 is 0 Å². The lowest BCUT2D eigenvalue weighted by molar-refractivity contribution is 0.544. The van der Waals surface area contributed by atoms with E-state index in [0.29, 0.717) is 20.3 Å². The first-order valence-corrected chi connectivity index (χ1v) is 13.5. The smallest absolute Gasteiger partial charge is 0.0945 e.